The Kier molecular flexibility index (Phi) is 7.75. The highest BCUT2D eigenvalue weighted by Crippen LogP contribution is 2.28. The summed E-state index contributed by atoms with van der Waals surface area (Å²) in [5, 5.41) is 13.2. The van der Waals surface area contributed by atoms with Crippen LogP contribution in [0.3, 0.4) is 0 Å². The molecule has 1 aromatic heterocycles. The number of amides is 1. The fraction of sp³-hybridized carbons (Fsp3) is 0.217. The molecule has 0 aliphatic rings. The number of sulfonamides is 1. The topological polar surface area (TPSA) is 116 Å². The zero-order valence-electron chi connectivity index (χ0n) is 18.8. The van der Waals surface area contributed by atoms with E-state index in [4.69, 9.17) is 21.5 Å². The smallest absolute Gasteiger partial charge is 0.238 e. The van der Waals surface area contributed by atoms with E-state index in [-0.39, 0.29) is 40.6 Å². The Labute approximate surface area is 201 Å². The number of methoxy groups -OCH3 is 1. The minimum Gasteiger partial charge on any atom is -0.494 e. The number of primary sulfonamides is 1. The average Bonchev–Trinajstić information content (AvgIpc) is 3.17. The lowest BCUT2D eigenvalue weighted by Gasteiger charge is -2.09. The molecule has 11 heteroatoms. The van der Waals surface area contributed by atoms with Gasteiger partial charge in [-0.2, -0.15) is 5.10 Å². The van der Waals surface area contributed by atoms with Crippen molar-refractivity contribution in [3.8, 4) is 5.75 Å². The van der Waals surface area contributed by atoms with Gasteiger partial charge in [0.2, 0.25) is 15.9 Å². The summed E-state index contributed by atoms with van der Waals surface area (Å²) >= 11 is 6.11. The molecule has 0 unspecified atom stereocenters. The lowest BCUT2D eigenvalue weighted by Crippen LogP contribution is -2.15. The first-order valence-corrected chi connectivity index (χ1v) is 12.1. The van der Waals surface area contributed by atoms with Crippen molar-refractivity contribution >= 4 is 44.1 Å². The molecule has 8 nitrogen and oxygen atoms in total. The number of ether oxygens (including phenoxy) is 1. The number of carbonyl (C=O) groups is 1. The molecule has 0 radical (unpaired) electrons. The van der Waals surface area contributed by atoms with Crippen LogP contribution in [-0.4, -0.2) is 31.2 Å². The van der Waals surface area contributed by atoms with E-state index in [1.165, 1.54) is 36.2 Å². The second-order valence-electron chi connectivity index (χ2n) is 7.42. The number of hydrogen-bond acceptors (Lipinski definition) is 5. The fourth-order valence-electron chi connectivity index (χ4n) is 3.41. The van der Waals surface area contributed by atoms with Crippen LogP contribution in [0.5, 0.6) is 5.75 Å². The normalized spacial score (nSPS) is 12.8. The van der Waals surface area contributed by atoms with Gasteiger partial charge in [-0.1, -0.05) is 29.8 Å². The lowest BCUT2D eigenvalue weighted by atomic mass is 10.1. The molecular weight excluding hydrogens is 483 g/mol. The number of aromatic nitrogens is 2. The van der Waals surface area contributed by atoms with Crippen LogP contribution in [0, 0.1) is 5.82 Å². The first-order chi connectivity index (χ1) is 16.0. The van der Waals surface area contributed by atoms with Crippen molar-refractivity contribution < 1.29 is 22.3 Å². The van der Waals surface area contributed by atoms with Crippen LogP contribution in [0.25, 0.3) is 10.9 Å². The van der Waals surface area contributed by atoms with Gasteiger partial charge in [0.15, 0.2) is 11.6 Å². The molecule has 3 rings (SSSR count). The Balaban J connectivity index is 1.95. The second-order valence-corrected chi connectivity index (χ2v) is 9.36. The average molecular weight is 507 g/mol. The van der Waals surface area contributed by atoms with Crippen LogP contribution >= 0.6 is 11.6 Å². The van der Waals surface area contributed by atoms with Gasteiger partial charge in [0, 0.05) is 22.3 Å². The number of hydrogen-bond donors (Lipinski definition) is 2. The zero-order valence-corrected chi connectivity index (χ0v) is 20.4. The Morgan fingerprint density at radius 1 is 1.26 bits per heavy atom. The first-order valence-electron chi connectivity index (χ1n) is 10.2. The number of fused-ring (bicyclic) bond motifs is 1. The van der Waals surface area contributed by atoms with Crippen LogP contribution < -0.4 is 15.2 Å². The summed E-state index contributed by atoms with van der Waals surface area (Å²) in [5.74, 6) is -0.797. The number of nitrogens with zero attached hydrogens (tertiary/aromatic N) is 2. The third-order valence-corrected chi connectivity index (χ3v) is 6.46. The molecule has 0 aliphatic carbocycles. The molecule has 0 saturated heterocycles. The van der Waals surface area contributed by atoms with E-state index >= 15 is 0 Å². The third kappa shape index (κ3) is 5.82. The number of anilines is 1. The Morgan fingerprint density at radius 2 is 2.00 bits per heavy atom. The molecule has 180 valence electrons. The molecular formula is C23H24ClFN4O4S. The standard InChI is InChI=1S/C23H24ClFN4O4S/c1-4-15(18(24)5-2)9-23(30)27-16-10-20-17(22(11-16)34(26,31)32)13-29(28-20)12-14-6-7-21(33-3)19(25)8-14/h4-8,10-11,13H,9,12H2,1-3H3,(H,27,30)(H2,26,31,32)/b15-4-,18-5+. The van der Waals surface area contributed by atoms with Crippen molar-refractivity contribution in [3.63, 3.8) is 0 Å². The van der Waals surface area contributed by atoms with E-state index in [2.05, 4.69) is 10.4 Å². The van der Waals surface area contributed by atoms with Gasteiger partial charge in [0.25, 0.3) is 0 Å². The summed E-state index contributed by atoms with van der Waals surface area (Å²) in [7, 11) is -2.76. The van der Waals surface area contributed by atoms with Gasteiger partial charge in [0.1, 0.15) is 0 Å². The van der Waals surface area contributed by atoms with Crippen LogP contribution in [0.2, 0.25) is 0 Å². The number of benzene rings is 2. The summed E-state index contributed by atoms with van der Waals surface area (Å²) in [6.07, 6.45) is 4.91. The lowest BCUT2D eigenvalue weighted by molar-refractivity contribution is -0.115. The van der Waals surface area contributed by atoms with Gasteiger partial charge < -0.3 is 10.1 Å². The maximum absolute atomic E-state index is 14.0. The van der Waals surface area contributed by atoms with Gasteiger partial charge in [0.05, 0.1) is 30.5 Å². The molecule has 2 aromatic carbocycles. The molecule has 3 N–H and O–H groups in total. The number of rotatable bonds is 8. The number of nitrogens with one attached hydrogen (secondary N) is 1. The molecule has 3 aromatic rings. The monoisotopic (exact) mass is 506 g/mol. The SMILES string of the molecule is C/C=C(CC(=O)Nc1cc(S(N)(=O)=O)c2cn(Cc3ccc(OC)c(F)c3)nc2c1)\C(Cl)=C/C. The Hall–Kier alpha value is -3.21. The largest absolute Gasteiger partial charge is 0.494 e. The first kappa shape index (κ1) is 25.4. The van der Waals surface area contributed by atoms with Gasteiger partial charge in [-0.3, -0.25) is 9.48 Å². The minimum atomic E-state index is -4.13. The molecule has 0 atom stereocenters. The maximum atomic E-state index is 14.0. The quantitative estimate of drug-likeness (QED) is 0.442. The highest BCUT2D eigenvalue weighted by atomic mass is 35.5. The van der Waals surface area contributed by atoms with Crippen molar-refractivity contribution in [2.45, 2.75) is 31.7 Å². The number of allylic oxidation sites excluding steroid dienone is 3. The second kappa shape index (κ2) is 10.4. The summed E-state index contributed by atoms with van der Waals surface area (Å²) in [5.41, 5.74) is 1.74. The van der Waals surface area contributed by atoms with Crippen LogP contribution in [-0.2, 0) is 21.4 Å². The van der Waals surface area contributed by atoms with E-state index in [1.807, 2.05) is 0 Å². The highest BCUT2D eigenvalue weighted by molar-refractivity contribution is 7.89. The third-order valence-electron chi connectivity index (χ3n) is 5.05. The predicted molar refractivity (Wildman–Crippen MR) is 130 cm³/mol. The number of carbonyl (C=O) groups excluding carboxylic acids is 1. The van der Waals surface area contributed by atoms with E-state index in [1.54, 1.807) is 38.1 Å². The van der Waals surface area contributed by atoms with E-state index in [0.717, 1.165) is 0 Å². The number of halogens is 2. The minimum absolute atomic E-state index is 0.000106. The Bertz CT molecular complexity index is 1410. The molecule has 1 heterocycles. The predicted octanol–water partition coefficient (Wildman–Crippen LogP) is 4.30. The van der Waals surface area contributed by atoms with Crippen LogP contribution in [0.1, 0.15) is 25.8 Å². The van der Waals surface area contributed by atoms with Crippen molar-refractivity contribution in [2.75, 3.05) is 12.4 Å². The van der Waals surface area contributed by atoms with Crippen molar-refractivity contribution in [2.24, 2.45) is 5.14 Å². The summed E-state index contributed by atoms with van der Waals surface area (Å²) in [6.45, 7) is 3.70. The van der Waals surface area contributed by atoms with Gasteiger partial charge >= 0.3 is 0 Å². The summed E-state index contributed by atoms with van der Waals surface area (Å²) in [4.78, 5) is 12.4. The summed E-state index contributed by atoms with van der Waals surface area (Å²) < 4.78 is 44.9. The maximum Gasteiger partial charge on any atom is 0.238 e. The van der Waals surface area contributed by atoms with Crippen LogP contribution in [0.15, 0.2) is 64.2 Å². The summed E-state index contributed by atoms with van der Waals surface area (Å²) in [6, 6.07) is 7.30. The van der Waals surface area contributed by atoms with E-state index in [0.29, 0.717) is 21.7 Å². The molecule has 0 saturated carbocycles. The molecule has 1 amide bonds. The van der Waals surface area contributed by atoms with Crippen molar-refractivity contribution in [1.29, 1.82) is 0 Å². The van der Waals surface area contributed by atoms with E-state index in [9.17, 15) is 17.6 Å². The fourth-order valence-corrected chi connectivity index (χ4v) is 4.34. The molecule has 0 bridgehead atoms. The molecule has 0 fully saturated rings. The van der Waals surface area contributed by atoms with Crippen molar-refractivity contribution in [1.82, 2.24) is 9.78 Å². The Morgan fingerprint density at radius 3 is 2.59 bits per heavy atom. The zero-order chi connectivity index (χ0) is 25.0. The van der Waals surface area contributed by atoms with Gasteiger partial charge in [-0.15, -0.1) is 0 Å². The van der Waals surface area contributed by atoms with Gasteiger partial charge in [-0.05, 0) is 49.2 Å². The number of nitrogens with two attached hydrogens (primary N) is 1. The molecule has 34 heavy (non-hydrogen) atoms. The van der Waals surface area contributed by atoms with E-state index < -0.39 is 15.8 Å². The van der Waals surface area contributed by atoms with Gasteiger partial charge in [-0.25, -0.2) is 17.9 Å². The highest BCUT2D eigenvalue weighted by Gasteiger charge is 2.19. The van der Waals surface area contributed by atoms with Crippen molar-refractivity contribution in [3.05, 3.63) is 70.7 Å². The van der Waals surface area contributed by atoms with Crippen LogP contribution in [0.4, 0.5) is 10.1 Å². The molecule has 0 aliphatic heterocycles. The molecule has 0 spiro atoms.